The fourth-order valence-corrected chi connectivity index (χ4v) is 4.54. The Morgan fingerprint density at radius 3 is 2.73 bits per heavy atom. The molecule has 0 bridgehead atoms. The molecule has 0 fully saturated rings. The normalized spacial score (nSPS) is 13.9. The van der Waals surface area contributed by atoms with Crippen molar-refractivity contribution in [3.05, 3.63) is 58.1 Å². The van der Waals surface area contributed by atoms with Gasteiger partial charge in [-0.3, -0.25) is 4.72 Å². The van der Waals surface area contributed by atoms with Gasteiger partial charge >= 0.3 is 6.09 Å². The van der Waals surface area contributed by atoms with Crippen LogP contribution in [0.3, 0.4) is 0 Å². The molecule has 3 rings (SSSR count). The molecule has 0 saturated heterocycles. The van der Waals surface area contributed by atoms with Crippen LogP contribution in [0, 0.1) is 6.92 Å². The molecule has 0 spiro atoms. The number of nitrogens with zero attached hydrogens (tertiary/aromatic N) is 1. The number of nitrogens with one attached hydrogen (secondary N) is 1. The minimum Gasteiger partial charge on any atom is -0.453 e. The van der Waals surface area contributed by atoms with E-state index in [4.69, 9.17) is 16.3 Å². The number of ether oxygens (including phenoxy) is 1. The minimum atomic E-state index is -3.77. The third-order valence-corrected chi connectivity index (χ3v) is 6.35. The molecule has 0 radical (unpaired) electrons. The van der Waals surface area contributed by atoms with Crippen LogP contribution in [0.4, 0.5) is 10.5 Å². The van der Waals surface area contributed by atoms with Gasteiger partial charge in [0.1, 0.15) is 0 Å². The van der Waals surface area contributed by atoms with Crippen LogP contribution in [0.25, 0.3) is 0 Å². The van der Waals surface area contributed by atoms with Gasteiger partial charge in [0.15, 0.2) is 0 Å². The van der Waals surface area contributed by atoms with Crippen molar-refractivity contribution in [1.29, 1.82) is 0 Å². The van der Waals surface area contributed by atoms with Gasteiger partial charge in [0.2, 0.25) is 0 Å². The molecule has 0 aliphatic carbocycles. The fourth-order valence-electron chi connectivity index (χ4n) is 2.99. The highest BCUT2D eigenvalue weighted by atomic mass is 35.5. The highest BCUT2D eigenvalue weighted by Crippen LogP contribution is 2.27. The Morgan fingerprint density at radius 2 is 2.00 bits per heavy atom. The maximum Gasteiger partial charge on any atom is 0.409 e. The maximum absolute atomic E-state index is 12.7. The topological polar surface area (TPSA) is 75.7 Å². The van der Waals surface area contributed by atoms with Crippen LogP contribution in [-0.2, 0) is 27.7 Å². The van der Waals surface area contributed by atoms with E-state index in [1.54, 1.807) is 36.1 Å². The van der Waals surface area contributed by atoms with E-state index in [2.05, 4.69) is 4.72 Å². The summed E-state index contributed by atoms with van der Waals surface area (Å²) in [7, 11) is -2.42. The number of anilines is 1. The molecular formula is C18H19ClN2O4S. The Kier molecular flexibility index (Phi) is 5.11. The van der Waals surface area contributed by atoms with Gasteiger partial charge in [0.25, 0.3) is 10.0 Å². The van der Waals surface area contributed by atoms with Crippen LogP contribution >= 0.6 is 11.6 Å². The molecule has 0 saturated carbocycles. The fraction of sp³-hybridized carbons (Fsp3) is 0.278. The lowest BCUT2D eigenvalue weighted by molar-refractivity contribution is 0.118. The second kappa shape index (κ2) is 7.17. The standard InChI is InChI=1S/C18H19ClN2O4S/c1-12-16(19)4-3-5-17(12)26(23,24)20-15-7-6-13-8-9-21(18(22)25-2)11-14(13)10-15/h3-7,10,20H,8-9,11H2,1-2H3. The van der Waals surface area contributed by atoms with Crippen LogP contribution in [-0.4, -0.2) is 33.1 Å². The number of hydrogen-bond donors (Lipinski definition) is 1. The monoisotopic (exact) mass is 394 g/mol. The highest BCUT2D eigenvalue weighted by molar-refractivity contribution is 7.92. The van der Waals surface area contributed by atoms with E-state index in [9.17, 15) is 13.2 Å². The number of sulfonamides is 1. The van der Waals surface area contributed by atoms with Gasteiger partial charge in [-0.15, -0.1) is 0 Å². The van der Waals surface area contributed by atoms with Crippen molar-refractivity contribution in [2.75, 3.05) is 18.4 Å². The van der Waals surface area contributed by atoms with E-state index in [1.807, 2.05) is 6.07 Å². The van der Waals surface area contributed by atoms with E-state index in [0.717, 1.165) is 11.1 Å². The van der Waals surface area contributed by atoms with Gasteiger partial charge in [0, 0.05) is 23.8 Å². The first-order chi connectivity index (χ1) is 12.3. The largest absolute Gasteiger partial charge is 0.453 e. The van der Waals surface area contributed by atoms with E-state index in [0.29, 0.717) is 35.8 Å². The molecule has 1 heterocycles. The van der Waals surface area contributed by atoms with Crippen molar-refractivity contribution in [3.63, 3.8) is 0 Å². The molecule has 0 atom stereocenters. The number of fused-ring (bicyclic) bond motifs is 1. The quantitative estimate of drug-likeness (QED) is 0.863. The zero-order valence-electron chi connectivity index (χ0n) is 14.5. The molecule has 138 valence electrons. The number of amides is 1. The summed E-state index contributed by atoms with van der Waals surface area (Å²) >= 11 is 6.04. The molecule has 1 aliphatic heterocycles. The van der Waals surface area contributed by atoms with Crippen molar-refractivity contribution in [2.45, 2.75) is 24.8 Å². The average molecular weight is 395 g/mol. The van der Waals surface area contributed by atoms with Gasteiger partial charge in [-0.05, 0) is 54.3 Å². The second-order valence-electron chi connectivity index (χ2n) is 6.09. The third kappa shape index (κ3) is 3.64. The molecule has 1 amide bonds. The summed E-state index contributed by atoms with van der Waals surface area (Å²) in [4.78, 5) is 13.4. The van der Waals surface area contributed by atoms with Crippen LogP contribution in [0.5, 0.6) is 0 Å². The lowest BCUT2D eigenvalue weighted by Crippen LogP contribution is -2.35. The Labute approximate surface area is 157 Å². The zero-order valence-corrected chi connectivity index (χ0v) is 16.0. The molecule has 1 aliphatic rings. The lowest BCUT2D eigenvalue weighted by atomic mass is 9.99. The number of carbonyl (C=O) groups is 1. The Balaban J connectivity index is 1.87. The summed E-state index contributed by atoms with van der Waals surface area (Å²) < 4.78 is 32.8. The predicted molar refractivity (Wildman–Crippen MR) is 100.0 cm³/mol. The molecule has 6 nitrogen and oxygen atoms in total. The van der Waals surface area contributed by atoms with Crippen LogP contribution < -0.4 is 4.72 Å². The minimum absolute atomic E-state index is 0.138. The molecule has 0 aromatic heterocycles. The summed E-state index contributed by atoms with van der Waals surface area (Å²) in [6.45, 7) is 2.62. The van der Waals surface area contributed by atoms with E-state index in [1.165, 1.54) is 13.2 Å². The van der Waals surface area contributed by atoms with Crippen molar-refractivity contribution < 1.29 is 17.9 Å². The predicted octanol–water partition coefficient (Wildman–Crippen LogP) is 3.57. The zero-order chi connectivity index (χ0) is 18.9. The summed E-state index contributed by atoms with van der Waals surface area (Å²) in [5.41, 5.74) is 2.92. The van der Waals surface area contributed by atoms with Crippen molar-refractivity contribution >= 4 is 33.4 Å². The SMILES string of the molecule is COC(=O)N1CCc2ccc(NS(=O)(=O)c3cccc(Cl)c3C)cc2C1. The molecule has 8 heteroatoms. The molecule has 0 unspecified atom stereocenters. The highest BCUT2D eigenvalue weighted by Gasteiger charge is 2.23. The van der Waals surface area contributed by atoms with Gasteiger partial charge in [0.05, 0.1) is 12.0 Å². The van der Waals surface area contributed by atoms with E-state index in [-0.39, 0.29) is 4.90 Å². The number of hydrogen-bond acceptors (Lipinski definition) is 4. The number of benzene rings is 2. The van der Waals surface area contributed by atoms with Gasteiger partial charge in [-0.1, -0.05) is 23.7 Å². The lowest BCUT2D eigenvalue weighted by Gasteiger charge is -2.28. The summed E-state index contributed by atoms with van der Waals surface area (Å²) in [5.74, 6) is 0. The molecule has 1 N–H and O–H groups in total. The Morgan fingerprint density at radius 1 is 1.23 bits per heavy atom. The number of halogens is 1. The smallest absolute Gasteiger partial charge is 0.409 e. The second-order valence-corrected chi connectivity index (χ2v) is 8.15. The van der Waals surface area contributed by atoms with Gasteiger partial charge < -0.3 is 9.64 Å². The number of rotatable bonds is 3. The molecule has 26 heavy (non-hydrogen) atoms. The summed E-state index contributed by atoms with van der Waals surface area (Å²) in [6.07, 6.45) is 0.307. The van der Waals surface area contributed by atoms with Crippen molar-refractivity contribution in [1.82, 2.24) is 4.90 Å². The first-order valence-corrected chi connectivity index (χ1v) is 9.90. The van der Waals surface area contributed by atoms with Crippen LogP contribution in [0.2, 0.25) is 5.02 Å². The summed E-state index contributed by atoms with van der Waals surface area (Å²) in [6, 6.07) is 10.1. The van der Waals surface area contributed by atoms with Crippen LogP contribution in [0.15, 0.2) is 41.3 Å². The Bertz CT molecular complexity index is 960. The molecule has 2 aromatic carbocycles. The first-order valence-electron chi connectivity index (χ1n) is 8.04. The van der Waals surface area contributed by atoms with E-state index < -0.39 is 16.1 Å². The first kappa shape index (κ1) is 18.5. The summed E-state index contributed by atoms with van der Waals surface area (Å²) in [5, 5.41) is 0.395. The average Bonchev–Trinajstić information content (AvgIpc) is 2.62. The number of methoxy groups -OCH3 is 1. The van der Waals surface area contributed by atoms with Crippen molar-refractivity contribution in [2.24, 2.45) is 0 Å². The molecular weight excluding hydrogens is 376 g/mol. The van der Waals surface area contributed by atoms with Gasteiger partial charge in [-0.2, -0.15) is 0 Å². The molecule has 2 aromatic rings. The Hall–Kier alpha value is -2.25. The van der Waals surface area contributed by atoms with Crippen molar-refractivity contribution in [3.8, 4) is 0 Å². The van der Waals surface area contributed by atoms with E-state index >= 15 is 0 Å². The van der Waals surface area contributed by atoms with Crippen LogP contribution in [0.1, 0.15) is 16.7 Å². The maximum atomic E-state index is 12.7. The number of carbonyl (C=O) groups excluding carboxylic acids is 1. The van der Waals surface area contributed by atoms with Gasteiger partial charge in [-0.25, -0.2) is 13.2 Å². The third-order valence-electron chi connectivity index (χ3n) is 4.41.